The van der Waals surface area contributed by atoms with Crippen LogP contribution in [0.5, 0.6) is 0 Å². The first-order valence-corrected chi connectivity index (χ1v) is 15.4. The van der Waals surface area contributed by atoms with Gasteiger partial charge in [-0.25, -0.2) is 19.2 Å². The Labute approximate surface area is 256 Å². The van der Waals surface area contributed by atoms with Crippen LogP contribution >= 0.6 is 36.4 Å². The average molecular weight is 644 g/mol. The van der Waals surface area contributed by atoms with Gasteiger partial charge in [0, 0.05) is 24.4 Å². The molecule has 16 heteroatoms. The molecule has 41 heavy (non-hydrogen) atoms. The quantitative estimate of drug-likeness (QED) is 0.0901. The Balaban J connectivity index is 0. The molecule has 1 rings (SSSR count). The van der Waals surface area contributed by atoms with Crippen LogP contribution in [0.3, 0.4) is 0 Å². The molecule has 0 aliphatic carbocycles. The zero-order valence-electron chi connectivity index (χ0n) is 25.6. The second kappa shape index (κ2) is 19.7. The van der Waals surface area contributed by atoms with E-state index in [0.29, 0.717) is 0 Å². The first-order valence-electron chi connectivity index (χ1n) is 13.0. The molecule has 0 saturated carbocycles. The number of imide groups is 1. The molecule has 4 amide bonds. The highest BCUT2D eigenvalue weighted by Gasteiger charge is 2.44. The fraction of sp³-hybridized carbons (Fsp3) is 0.760. The molecule has 0 aromatic heterocycles. The van der Waals surface area contributed by atoms with Gasteiger partial charge in [0.25, 0.3) is 0 Å². The molecule has 0 spiro atoms. The van der Waals surface area contributed by atoms with E-state index in [2.05, 4.69) is 33.0 Å². The predicted octanol–water partition coefficient (Wildman–Crippen LogP) is 3.25. The molecule has 0 bridgehead atoms. The van der Waals surface area contributed by atoms with Crippen molar-refractivity contribution in [3.63, 3.8) is 0 Å². The number of nitrogens with one attached hydrogen (secondary N) is 3. The van der Waals surface area contributed by atoms with Crippen molar-refractivity contribution in [2.45, 2.75) is 103 Å². The Morgan fingerprint density at radius 3 is 1.41 bits per heavy atom. The highest BCUT2D eigenvalue weighted by molar-refractivity contribution is 8.05. The number of alkyl carbamates (subject to hydrolysis) is 2. The van der Waals surface area contributed by atoms with E-state index in [-0.39, 0.29) is 11.5 Å². The zero-order valence-corrected chi connectivity index (χ0v) is 28.1. The van der Waals surface area contributed by atoms with Crippen molar-refractivity contribution in [3.05, 3.63) is 0 Å². The second-order valence-corrected chi connectivity index (χ2v) is 12.2. The largest absolute Gasteiger partial charge is 0.467 e. The van der Waals surface area contributed by atoms with Crippen molar-refractivity contribution >= 4 is 72.4 Å². The van der Waals surface area contributed by atoms with Crippen molar-refractivity contribution in [2.75, 3.05) is 18.6 Å². The standard InChI is InChI=1S/C21H33N3O10S3.2C2H6/c1-20(2,3)32-18(29)22-10(16(27)31-7)8-36-12-13(15(26)24-14(12)25)37-9-11(17(28)34-35)23-19(30)33-21(4,5)6;2*1-2/h10-13,35H,8-9H2,1-7H3,(H,22,29)(H,23,30)(H,24,25,26);2*1-2H3/t10-,11-,12-,13-;;/m0../s1. The zero-order chi connectivity index (χ0) is 32.6. The fourth-order valence-corrected chi connectivity index (χ4v) is 5.56. The predicted molar refractivity (Wildman–Crippen MR) is 162 cm³/mol. The summed E-state index contributed by atoms with van der Waals surface area (Å²) in [7, 11) is 1.14. The maximum atomic E-state index is 12.4. The highest BCUT2D eigenvalue weighted by Crippen LogP contribution is 2.30. The number of ether oxygens (including phenoxy) is 3. The molecular weight excluding hydrogens is 598 g/mol. The highest BCUT2D eigenvalue weighted by atomic mass is 32.2. The summed E-state index contributed by atoms with van der Waals surface area (Å²) in [5.74, 6) is -3.17. The minimum Gasteiger partial charge on any atom is -0.467 e. The normalized spacial score (nSPS) is 17.7. The number of thiol groups is 1. The summed E-state index contributed by atoms with van der Waals surface area (Å²) in [4.78, 5) is 73.4. The van der Waals surface area contributed by atoms with Gasteiger partial charge in [-0.2, -0.15) is 0 Å². The molecule has 1 aliphatic rings. The van der Waals surface area contributed by atoms with E-state index < -0.39 is 69.7 Å². The summed E-state index contributed by atoms with van der Waals surface area (Å²) in [6.07, 6.45) is -1.74. The van der Waals surface area contributed by atoms with Crippen LogP contribution in [0, 0.1) is 0 Å². The Bertz CT molecular complexity index is 821. The van der Waals surface area contributed by atoms with E-state index in [1.807, 2.05) is 27.7 Å². The Kier molecular flexibility index (Phi) is 19.6. The van der Waals surface area contributed by atoms with E-state index in [1.165, 1.54) is 0 Å². The monoisotopic (exact) mass is 643 g/mol. The van der Waals surface area contributed by atoms with Gasteiger partial charge in [-0.3, -0.25) is 14.9 Å². The van der Waals surface area contributed by atoms with Crippen LogP contribution in [-0.2, 0) is 37.6 Å². The Hall–Kier alpha value is -2.33. The lowest BCUT2D eigenvalue weighted by atomic mass is 10.2. The van der Waals surface area contributed by atoms with Gasteiger partial charge in [0.05, 0.1) is 7.11 Å². The number of hydrogen-bond acceptors (Lipinski definition) is 13. The van der Waals surface area contributed by atoms with Gasteiger partial charge in [-0.05, 0) is 41.5 Å². The van der Waals surface area contributed by atoms with E-state index >= 15 is 0 Å². The number of esters is 1. The lowest BCUT2D eigenvalue weighted by Crippen LogP contribution is -2.46. The van der Waals surface area contributed by atoms with Crippen LogP contribution in [0.4, 0.5) is 9.59 Å². The lowest BCUT2D eigenvalue weighted by molar-refractivity contribution is -0.142. The van der Waals surface area contributed by atoms with Crippen molar-refractivity contribution in [3.8, 4) is 0 Å². The van der Waals surface area contributed by atoms with E-state index in [1.54, 1.807) is 41.5 Å². The van der Waals surface area contributed by atoms with Crippen LogP contribution in [-0.4, -0.2) is 88.3 Å². The number of rotatable bonds is 10. The lowest BCUT2D eigenvalue weighted by Gasteiger charge is -2.24. The topological polar surface area (TPSA) is 175 Å². The van der Waals surface area contributed by atoms with Crippen molar-refractivity contribution in [1.82, 2.24) is 16.0 Å². The number of carbonyl (C=O) groups excluding carboxylic acids is 6. The Morgan fingerprint density at radius 1 is 0.780 bits per heavy atom. The van der Waals surface area contributed by atoms with Crippen LogP contribution in [0.2, 0.25) is 0 Å². The molecule has 1 saturated heterocycles. The van der Waals surface area contributed by atoms with Gasteiger partial charge in [0.1, 0.15) is 33.8 Å². The minimum absolute atomic E-state index is 0.118. The van der Waals surface area contributed by atoms with Crippen molar-refractivity contribution < 1.29 is 47.2 Å². The third kappa shape index (κ3) is 16.6. The van der Waals surface area contributed by atoms with Gasteiger partial charge in [-0.15, -0.1) is 23.5 Å². The number of thioether (sulfide) groups is 2. The molecule has 3 N–H and O–H groups in total. The van der Waals surface area contributed by atoms with Gasteiger partial charge in [-0.1, -0.05) is 27.7 Å². The average Bonchev–Trinajstić information content (AvgIpc) is 3.15. The number of hydrogen-bond donors (Lipinski definition) is 4. The van der Waals surface area contributed by atoms with E-state index in [9.17, 15) is 28.8 Å². The number of methoxy groups -OCH3 is 1. The smallest absolute Gasteiger partial charge is 0.408 e. The van der Waals surface area contributed by atoms with Gasteiger partial charge < -0.3 is 29.0 Å². The third-order valence-electron chi connectivity index (χ3n) is 4.17. The molecule has 13 nitrogen and oxygen atoms in total. The first kappa shape index (κ1) is 40.8. The third-order valence-corrected chi connectivity index (χ3v) is 7.26. The van der Waals surface area contributed by atoms with Crippen LogP contribution in [0.1, 0.15) is 69.2 Å². The van der Waals surface area contributed by atoms with Gasteiger partial charge in [0.2, 0.25) is 11.8 Å². The van der Waals surface area contributed by atoms with Crippen molar-refractivity contribution in [1.29, 1.82) is 0 Å². The number of carbonyl (C=O) groups is 6. The Morgan fingerprint density at radius 2 is 1.12 bits per heavy atom. The van der Waals surface area contributed by atoms with Crippen molar-refractivity contribution in [2.24, 2.45) is 0 Å². The summed E-state index contributed by atoms with van der Waals surface area (Å²) >= 11 is 5.33. The van der Waals surface area contributed by atoms with E-state index in [4.69, 9.17) is 14.2 Å². The summed E-state index contributed by atoms with van der Waals surface area (Å²) in [6.45, 7) is 17.9. The molecular formula is C25H45N3O10S3. The molecule has 0 radical (unpaired) electrons. The molecule has 238 valence electrons. The fourth-order valence-electron chi connectivity index (χ4n) is 2.71. The molecule has 1 heterocycles. The molecule has 4 atom stereocenters. The maximum absolute atomic E-state index is 12.4. The van der Waals surface area contributed by atoms with Gasteiger partial charge in [0.15, 0.2) is 0 Å². The van der Waals surface area contributed by atoms with Crippen LogP contribution in [0.15, 0.2) is 0 Å². The molecule has 1 fully saturated rings. The van der Waals surface area contributed by atoms with E-state index in [0.717, 1.165) is 30.6 Å². The summed E-state index contributed by atoms with van der Waals surface area (Å²) in [6, 6.07) is -2.40. The molecule has 1 aliphatic heterocycles. The molecule has 0 unspecified atom stereocenters. The molecule has 0 aromatic carbocycles. The summed E-state index contributed by atoms with van der Waals surface area (Å²) < 4.78 is 19.4. The van der Waals surface area contributed by atoms with Gasteiger partial charge >= 0.3 is 24.1 Å². The van der Waals surface area contributed by atoms with Crippen LogP contribution < -0.4 is 16.0 Å². The SMILES string of the molecule is CC.CC.COC(=O)[C@H](CS[C@@H]1C(=O)NC(=O)[C@H]1SC[C@H](NC(=O)OC(C)(C)C)C(=O)OS)NC(=O)OC(C)(C)C. The summed E-state index contributed by atoms with van der Waals surface area (Å²) in [5.41, 5.74) is -1.63. The summed E-state index contributed by atoms with van der Waals surface area (Å²) in [5, 5.41) is 4.99. The van der Waals surface area contributed by atoms with Crippen LogP contribution in [0.25, 0.3) is 0 Å². The second-order valence-electron chi connectivity index (χ2n) is 9.69. The minimum atomic E-state index is -1.23. The maximum Gasteiger partial charge on any atom is 0.408 e. The first-order chi connectivity index (χ1) is 19.0. The molecule has 0 aromatic rings. The number of amides is 4.